The van der Waals surface area contributed by atoms with Crippen molar-refractivity contribution in [3.8, 4) is 0 Å². The molecule has 0 bridgehead atoms. The van der Waals surface area contributed by atoms with E-state index >= 15 is 0 Å². The number of carbonyl (C=O) groups is 1. The van der Waals surface area contributed by atoms with Crippen LogP contribution in [0.2, 0.25) is 0 Å². The first-order valence-corrected chi connectivity index (χ1v) is 5.07. The summed E-state index contributed by atoms with van der Waals surface area (Å²) in [6.45, 7) is 0.403. The number of nitrogens with zero attached hydrogens (tertiary/aromatic N) is 1. The van der Waals surface area contributed by atoms with E-state index < -0.39 is 0 Å². The molecule has 1 aromatic rings. The van der Waals surface area contributed by atoms with E-state index in [2.05, 4.69) is 10.3 Å². The highest BCUT2D eigenvalue weighted by atomic mass is 35.5. The Hall–Kier alpha value is -1.13. The van der Waals surface area contributed by atoms with E-state index in [9.17, 15) is 4.79 Å². The van der Waals surface area contributed by atoms with Gasteiger partial charge in [-0.25, -0.2) is 0 Å². The number of pyridine rings is 1. The highest BCUT2D eigenvalue weighted by molar-refractivity contribution is 6.18. The van der Waals surface area contributed by atoms with Crippen molar-refractivity contribution in [2.45, 2.75) is 6.04 Å². The molecule has 0 radical (unpaired) electrons. The number of amides is 1. The van der Waals surface area contributed by atoms with Crippen LogP contribution >= 0.6 is 11.6 Å². The van der Waals surface area contributed by atoms with Gasteiger partial charge in [0.1, 0.15) is 0 Å². The molecule has 0 fully saturated rings. The molecule has 5 heteroatoms. The number of hydrogen-bond donors (Lipinski definition) is 1. The number of rotatable bonds is 5. The molecule has 1 aromatic heterocycles. The van der Waals surface area contributed by atoms with E-state index in [-0.39, 0.29) is 11.9 Å². The van der Waals surface area contributed by atoms with Crippen molar-refractivity contribution in [1.82, 2.24) is 10.3 Å². The number of carbonyl (C=O) groups excluding carboxylic acids is 1. The Morgan fingerprint density at radius 3 is 2.80 bits per heavy atom. The number of alkyl halides is 1. The molecule has 0 aliphatic carbocycles. The molecule has 1 atom stereocenters. The smallest absolute Gasteiger partial charge is 0.251 e. The highest BCUT2D eigenvalue weighted by Gasteiger charge is 2.11. The third kappa shape index (κ3) is 3.85. The van der Waals surface area contributed by atoms with Crippen molar-refractivity contribution in [2.75, 3.05) is 19.6 Å². The van der Waals surface area contributed by atoms with Crippen molar-refractivity contribution in [2.24, 2.45) is 0 Å². The Balaban J connectivity index is 2.55. The number of hydrogen-bond acceptors (Lipinski definition) is 3. The number of halogens is 1. The lowest BCUT2D eigenvalue weighted by atomic mass is 10.2. The molecule has 0 saturated carbocycles. The van der Waals surface area contributed by atoms with E-state index in [1.807, 2.05) is 0 Å². The van der Waals surface area contributed by atoms with Gasteiger partial charge in [-0.2, -0.15) is 0 Å². The molecule has 0 aliphatic rings. The molecule has 1 N–H and O–H groups in total. The van der Waals surface area contributed by atoms with Crippen LogP contribution in [0.25, 0.3) is 0 Å². The summed E-state index contributed by atoms with van der Waals surface area (Å²) in [5, 5.41) is 2.76. The molecule has 1 rings (SSSR count). The van der Waals surface area contributed by atoms with Gasteiger partial charge in [-0.3, -0.25) is 9.78 Å². The highest BCUT2D eigenvalue weighted by Crippen LogP contribution is 1.98. The van der Waals surface area contributed by atoms with Crippen LogP contribution in [0.15, 0.2) is 24.5 Å². The SMILES string of the molecule is COCC(CCl)NC(=O)c1ccncc1. The molecule has 1 amide bonds. The summed E-state index contributed by atoms with van der Waals surface area (Å²) in [5.74, 6) is 0.157. The van der Waals surface area contributed by atoms with Gasteiger partial charge in [0, 0.05) is 30.9 Å². The van der Waals surface area contributed by atoms with E-state index in [0.717, 1.165) is 0 Å². The number of aromatic nitrogens is 1. The largest absolute Gasteiger partial charge is 0.383 e. The molecule has 1 heterocycles. The van der Waals surface area contributed by atoms with Gasteiger partial charge in [-0.1, -0.05) is 0 Å². The van der Waals surface area contributed by atoms with Crippen molar-refractivity contribution in [3.63, 3.8) is 0 Å². The standard InChI is InChI=1S/C10H13ClN2O2/c1-15-7-9(6-11)13-10(14)8-2-4-12-5-3-8/h2-5,9H,6-7H2,1H3,(H,13,14). The van der Waals surface area contributed by atoms with Crippen molar-refractivity contribution in [3.05, 3.63) is 30.1 Å². The van der Waals surface area contributed by atoms with Gasteiger partial charge in [-0.05, 0) is 12.1 Å². The Labute approximate surface area is 93.6 Å². The second-order valence-corrected chi connectivity index (χ2v) is 3.32. The summed E-state index contributed by atoms with van der Waals surface area (Å²) >= 11 is 5.67. The quantitative estimate of drug-likeness (QED) is 0.767. The predicted octanol–water partition coefficient (Wildman–Crippen LogP) is 1.07. The summed E-state index contributed by atoms with van der Waals surface area (Å²) in [6, 6.07) is 3.12. The molecule has 1 unspecified atom stereocenters. The average Bonchev–Trinajstić information content (AvgIpc) is 2.29. The van der Waals surface area contributed by atoms with Crippen molar-refractivity contribution < 1.29 is 9.53 Å². The average molecular weight is 229 g/mol. The Kier molecular flexibility index (Phi) is 5.07. The lowest BCUT2D eigenvalue weighted by Gasteiger charge is -2.14. The van der Waals surface area contributed by atoms with Gasteiger partial charge in [-0.15, -0.1) is 11.6 Å². The van der Waals surface area contributed by atoms with Crippen LogP contribution in [-0.4, -0.2) is 36.5 Å². The molecule has 0 aromatic carbocycles. The van der Waals surface area contributed by atoms with Gasteiger partial charge in [0.25, 0.3) is 5.91 Å². The van der Waals surface area contributed by atoms with Gasteiger partial charge in [0.15, 0.2) is 0 Å². The number of nitrogens with one attached hydrogen (secondary N) is 1. The summed E-state index contributed by atoms with van der Waals surface area (Å²) in [4.78, 5) is 15.5. The van der Waals surface area contributed by atoms with Crippen LogP contribution in [0.1, 0.15) is 10.4 Å². The van der Waals surface area contributed by atoms with Gasteiger partial charge >= 0.3 is 0 Å². The first-order chi connectivity index (χ1) is 7.27. The molecule has 0 spiro atoms. The van der Waals surface area contributed by atoms with E-state index in [0.29, 0.717) is 18.1 Å². The molecular formula is C10H13ClN2O2. The second-order valence-electron chi connectivity index (χ2n) is 3.02. The first kappa shape index (κ1) is 11.9. The van der Waals surface area contributed by atoms with Crippen LogP contribution in [0.3, 0.4) is 0 Å². The van der Waals surface area contributed by atoms with Crippen LogP contribution in [0.4, 0.5) is 0 Å². The van der Waals surface area contributed by atoms with Gasteiger partial charge in [0.2, 0.25) is 0 Å². The van der Waals surface area contributed by atoms with Crippen molar-refractivity contribution in [1.29, 1.82) is 0 Å². The topological polar surface area (TPSA) is 51.2 Å². The zero-order valence-corrected chi connectivity index (χ0v) is 9.20. The van der Waals surface area contributed by atoms with Crippen molar-refractivity contribution >= 4 is 17.5 Å². The Bertz CT molecular complexity index is 306. The molecule has 0 saturated heterocycles. The lowest BCUT2D eigenvalue weighted by molar-refractivity contribution is 0.0906. The molecule has 82 valence electrons. The predicted molar refractivity (Wildman–Crippen MR) is 58.1 cm³/mol. The Morgan fingerprint density at radius 1 is 1.60 bits per heavy atom. The maximum absolute atomic E-state index is 11.6. The Morgan fingerprint density at radius 2 is 2.27 bits per heavy atom. The summed E-state index contributed by atoms with van der Waals surface area (Å²) in [6.07, 6.45) is 3.14. The summed E-state index contributed by atoms with van der Waals surface area (Å²) in [7, 11) is 1.57. The maximum atomic E-state index is 11.6. The van der Waals surface area contributed by atoms with Gasteiger partial charge in [0.05, 0.1) is 12.6 Å². The zero-order chi connectivity index (χ0) is 11.1. The fraction of sp³-hybridized carbons (Fsp3) is 0.400. The molecule has 4 nitrogen and oxygen atoms in total. The second kappa shape index (κ2) is 6.37. The first-order valence-electron chi connectivity index (χ1n) is 4.53. The molecule has 0 aliphatic heterocycles. The monoisotopic (exact) mass is 228 g/mol. The number of methoxy groups -OCH3 is 1. The van der Waals surface area contributed by atoms with Gasteiger partial charge < -0.3 is 10.1 Å². The van der Waals surface area contributed by atoms with E-state index in [1.165, 1.54) is 0 Å². The van der Waals surface area contributed by atoms with Crippen LogP contribution in [-0.2, 0) is 4.74 Å². The fourth-order valence-corrected chi connectivity index (χ4v) is 1.26. The lowest BCUT2D eigenvalue weighted by Crippen LogP contribution is -2.39. The van der Waals surface area contributed by atoms with Crippen LogP contribution in [0, 0.1) is 0 Å². The zero-order valence-electron chi connectivity index (χ0n) is 8.44. The maximum Gasteiger partial charge on any atom is 0.251 e. The van der Waals surface area contributed by atoms with Crippen LogP contribution < -0.4 is 5.32 Å². The van der Waals surface area contributed by atoms with E-state index in [1.54, 1.807) is 31.6 Å². The minimum Gasteiger partial charge on any atom is -0.383 e. The molecular weight excluding hydrogens is 216 g/mol. The fourth-order valence-electron chi connectivity index (χ4n) is 1.10. The minimum atomic E-state index is -0.169. The normalized spacial score (nSPS) is 12.1. The summed E-state index contributed by atoms with van der Waals surface area (Å²) in [5.41, 5.74) is 0.566. The third-order valence-corrected chi connectivity index (χ3v) is 2.20. The third-order valence-electron chi connectivity index (χ3n) is 1.83. The number of ether oxygens (including phenoxy) is 1. The van der Waals surface area contributed by atoms with Crippen LogP contribution in [0.5, 0.6) is 0 Å². The molecule has 15 heavy (non-hydrogen) atoms. The minimum absolute atomic E-state index is 0.167. The van der Waals surface area contributed by atoms with E-state index in [4.69, 9.17) is 16.3 Å². The summed E-state index contributed by atoms with van der Waals surface area (Å²) < 4.78 is 4.92.